The van der Waals surface area contributed by atoms with Gasteiger partial charge in [-0.1, -0.05) is 11.6 Å². The summed E-state index contributed by atoms with van der Waals surface area (Å²) in [6.45, 7) is 7.50. The van der Waals surface area contributed by atoms with E-state index in [1.54, 1.807) is 11.8 Å². The van der Waals surface area contributed by atoms with Gasteiger partial charge in [0.1, 0.15) is 0 Å². The lowest BCUT2D eigenvalue weighted by Crippen LogP contribution is -2.42. The van der Waals surface area contributed by atoms with E-state index in [4.69, 9.17) is 11.6 Å². The van der Waals surface area contributed by atoms with Gasteiger partial charge in [0, 0.05) is 25.7 Å². The van der Waals surface area contributed by atoms with Crippen molar-refractivity contribution in [2.45, 2.75) is 45.8 Å². The number of carbonyl (C=O) groups is 1. The minimum atomic E-state index is -0.606. The Kier molecular flexibility index (Phi) is 5.58. The van der Waals surface area contributed by atoms with Crippen molar-refractivity contribution < 1.29 is 9.90 Å². The molecule has 1 aliphatic rings. The topological polar surface area (TPSA) is 69.6 Å². The minimum absolute atomic E-state index is 0.0524. The molecule has 1 fully saturated rings. The van der Waals surface area contributed by atoms with Crippen molar-refractivity contribution in [2.24, 2.45) is 0 Å². The van der Waals surface area contributed by atoms with Gasteiger partial charge in [-0.15, -0.1) is 0 Å². The Balaban J connectivity index is 2.28. The second-order valence-electron chi connectivity index (χ2n) is 5.96. The van der Waals surface area contributed by atoms with Crippen molar-refractivity contribution in [2.75, 3.05) is 24.5 Å². The Hall–Kier alpha value is -1.40. The van der Waals surface area contributed by atoms with Crippen LogP contribution in [-0.2, 0) is 0 Å². The highest BCUT2D eigenvalue weighted by atomic mass is 35.5. The second kappa shape index (κ2) is 7.24. The standard InChI is InChI=1S/C15H23ClN4O2/c1-10(2)20(9-11(3)21)14(22)13-12(16)8-17-15(18-13)19-6-4-5-7-19/h8,10-11,21H,4-7,9H2,1-3H3. The number of rotatable bonds is 5. The quantitative estimate of drug-likeness (QED) is 0.895. The molecule has 1 amide bonds. The molecular formula is C15H23ClN4O2. The average Bonchev–Trinajstić information content (AvgIpc) is 2.98. The highest BCUT2D eigenvalue weighted by Crippen LogP contribution is 2.21. The fourth-order valence-corrected chi connectivity index (χ4v) is 2.70. The lowest BCUT2D eigenvalue weighted by molar-refractivity contribution is 0.0573. The highest BCUT2D eigenvalue weighted by molar-refractivity contribution is 6.33. The monoisotopic (exact) mass is 326 g/mol. The summed E-state index contributed by atoms with van der Waals surface area (Å²) in [6.07, 6.45) is 3.09. The lowest BCUT2D eigenvalue weighted by Gasteiger charge is -2.28. The molecule has 1 N–H and O–H groups in total. The Morgan fingerprint density at radius 3 is 2.59 bits per heavy atom. The van der Waals surface area contributed by atoms with E-state index in [0.29, 0.717) is 5.95 Å². The van der Waals surface area contributed by atoms with Crippen LogP contribution in [0.2, 0.25) is 5.02 Å². The smallest absolute Gasteiger partial charge is 0.274 e. The first-order valence-electron chi connectivity index (χ1n) is 7.66. The Morgan fingerprint density at radius 1 is 1.41 bits per heavy atom. The van der Waals surface area contributed by atoms with Gasteiger partial charge >= 0.3 is 0 Å². The van der Waals surface area contributed by atoms with E-state index in [0.717, 1.165) is 25.9 Å². The SMILES string of the molecule is CC(O)CN(C(=O)c1nc(N2CCCC2)ncc1Cl)C(C)C. The van der Waals surface area contributed by atoms with Crippen molar-refractivity contribution in [1.82, 2.24) is 14.9 Å². The molecule has 1 atom stereocenters. The van der Waals surface area contributed by atoms with Crippen LogP contribution in [0.3, 0.4) is 0 Å². The zero-order valence-electron chi connectivity index (χ0n) is 13.3. The van der Waals surface area contributed by atoms with Crippen LogP contribution in [0.1, 0.15) is 44.1 Å². The lowest BCUT2D eigenvalue weighted by atomic mass is 10.2. The zero-order chi connectivity index (χ0) is 16.3. The summed E-state index contributed by atoms with van der Waals surface area (Å²) in [5.74, 6) is 0.273. The van der Waals surface area contributed by atoms with Gasteiger partial charge < -0.3 is 14.9 Å². The molecule has 122 valence electrons. The summed E-state index contributed by atoms with van der Waals surface area (Å²) in [4.78, 5) is 25.0. The van der Waals surface area contributed by atoms with E-state index in [2.05, 4.69) is 14.9 Å². The maximum Gasteiger partial charge on any atom is 0.274 e. The number of aliphatic hydroxyl groups excluding tert-OH is 1. The van der Waals surface area contributed by atoms with E-state index in [1.165, 1.54) is 6.20 Å². The van der Waals surface area contributed by atoms with Crippen molar-refractivity contribution in [3.8, 4) is 0 Å². The predicted molar refractivity (Wildman–Crippen MR) is 86.3 cm³/mol. The van der Waals surface area contributed by atoms with Crippen LogP contribution in [0.25, 0.3) is 0 Å². The molecule has 0 saturated carbocycles. The molecule has 0 radical (unpaired) electrons. The Morgan fingerprint density at radius 2 is 2.05 bits per heavy atom. The molecule has 7 heteroatoms. The molecule has 2 rings (SSSR count). The third kappa shape index (κ3) is 3.87. The van der Waals surface area contributed by atoms with Crippen molar-refractivity contribution in [3.05, 3.63) is 16.9 Å². The summed E-state index contributed by atoms with van der Waals surface area (Å²) in [7, 11) is 0. The molecule has 0 aromatic carbocycles. The zero-order valence-corrected chi connectivity index (χ0v) is 14.0. The molecule has 0 bridgehead atoms. The highest BCUT2D eigenvalue weighted by Gasteiger charge is 2.25. The summed E-state index contributed by atoms with van der Waals surface area (Å²) in [5.41, 5.74) is 0.202. The number of carbonyl (C=O) groups excluding carboxylic acids is 1. The number of hydrogen-bond donors (Lipinski definition) is 1. The number of hydrogen-bond acceptors (Lipinski definition) is 5. The third-order valence-electron chi connectivity index (χ3n) is 3.67. The van der Waals surface area contributed by atoms with Crippen molar-refractivity contribution >= 4 is 23.5 Å². The summed E-state index contributed by atoms with van der Waals surface area (Å²) in [5, 5.41) is 9.84. The minimum Gasteiger partial charge on any atom is -0.392 e. The number of aliphatic hydroxyl groups is 1. The molecule has 1 aromatic heterocycles. The van der Waals surface area contributed by atoms with Gasteiger partial charge in [-0.25, -0.2) is 9.97 Å². The van der Waals surface area contributed by atoms with E-state index in [9.17, 15) is 9.90 Å². The van der Waals surface area contributed by atoms with Crippen LogP contribution in [0.4, 0.5) is 5.95 Å². The number of anilines is 1. The first-order chi connectivity index (χ1) is 10.4. The third-order valence-corrected chi connectivity index (χ3v) is 3.94. The largest absolute Gasteiger partial charge is 0.392 e. The maximum atomic E-state index is 12.7. The fourth-order valence-electron chi connectivity index (χ4n) is 2.53. The van der Waals surface area contributed by atoms with Gasteiger partial charge in [0.15, 0.2) is 5.69 Å². The van der Waals surface area contributed by atoms with Crippen LogP contribution < -0.4 is 4.90 Å². The molecule has 2 heterocycles. The van der Waals surface area contributed by atoms with Crippen LogP contribution >= 0.6 is 11.6 Å². The maximum absolute atomic E-state index is 12.7. The molecular weight excluding hydrogens is 304 g/mol. The summed E-state index contributed by atoms with van der Waals surface area (Å²) < 4.78 is 0. The van der Waals surface area contributed by atoms with Crippen molar-refractivity contribution in [1.29, 1.82) is 0 Å². The van der Waals surface area contributed by atoms with Gasteiger partial charge in [-0.2, -0.15) is 0 Å². The average molecular weight is 327 g/mol. The Bertz CT molecular complexity index is 530. The molecule has 1 aliphatic heterocycles. The van der Waals surface area contributed by atoms with Crippen molar-refractivity contribution in [3.63, 3.8) is 0 Å². The van der Waals surface area contributed by atoms with Crippen LogP contribution in [-0.4, -0.2) is 57.7 Å². The number of amides is 1. The van der Waals surface area contributed by atoms with Gasteiger partial charge in [0.05, 0.1) is 17.3 Å². The molecule has 0 spiro atoms. The van der Waals surface area contributed by atoms with E-state index >= 15 is 0 Å². The van der Waals surface area contributed by atoms with Crippen LogP contribution in [0, 0.1) is 0 Å². The predicted octanol–water partition coefficient (Wildman–Crippen LogP) is 1.96. The molecule has 1 saturated heterocycles. The number of halogens is 1. The van der Waals surface area contributed by atoms with Crippen LogP contribution in [0.15, 0.2) is 6.20 Å². The molecule has 22 heavy (non-hydrogen) atoms. The summed E-state index contributed by atoms with van der Waals surface area (Å²) in [6, 6.07) is -0.0524. The van der Waals surface area contributed by atoms with E-state index in [-0.39, 0.29) is 29.2 Å². The number of nitrogens with zero attached hydrogens (tertiary/aromatic N) is 4. The van der Waals surface area contributed by atoms with Gasteiger partial charge in [0.25, 0.3) is 5.91 Å². The first-order valence-corrected chi connectivity index (χ1v) is 8.04. The number of aromatic nitrogens is 2. The van der Waals surface area contributed by atoms with Crippen LogP contribution in [0.5, 0.6) is 0 Å². The van der Waals surface area contributed by atoms with Gasteiger partial charge in [0.2, 0.25) is 5.95 Å². The molecule has 1 unspecified atom stereocenters. The van der Waals surface area contributed by atoms with E-state index in [1.807, 2.05) is 13.8 Å². The van der Waals surface area contributed by atoms with Gasteiger partial charge in [-0.3, -0.25) is 4.79 Å². The Labute approximate surface area is 136 Å². The molecule has 1 aromatic rings. The normalized spacial score (nSPS) is 16.2. The second-order valence-corrected chi connectivity index (χ2v) is 6.37. The fraction of sp³-hybridized carbons (Fsp3) is 0.667. The first kappa shape index (κ1) is 17.0. The van der Waals surface area contributed by atoms with Gasteiger partial charge in [-0.05, 0) is 33.6 Å². The molecule has 0 aliphatic carbocycles. The summed E-state index contributed by atoms with van der Waals surface area (Å²) >= 11 is 6.13. The van der Waals surface area contributed by atoms with E-state index < -0.39 is 6.10 Å². The molecule has 6 nitrogen and oxygen atoms in total.